The van der Waals surface area contributed by atoms with E-state index in [0.717, 1.165) is 13.1 Å². The van der Waals surface area contributed by atoms with Crippen LogP contribution >= 0.6 is 23.2 Å². The molecule has 0 aromatic heterocycles. The van der Waals surface area contributed by atoms with Crippen molar-refractivity contribution in [3.05, 3.63) is 69.7 Å². The van der Waals surface area contributed by atoms with Gasteiger partial charge in [0.15, 0.2) is 0 Å². The van der Waals surface area contributed by atoms with E-state index in [9.17, 15) is 0 Å². The van der Waals surface area contributed by atoms with Gasteiger partial charge in [-0.05, 0) is 42.5 Å². The van der Waals surface area contributed by atoms with Gasteiger partial charge >= 0.3 is 0 Å². The van der Waals surface area contributed by atoms with Crippen molar-refractivity contribution in [2.24, 2.45) is 0 Å². The van der Waals surface area contributed by atoms with Crippen LogP contribution in [0.25, 0.3) is 0 Å². The molecular formula is C21H24Cl2N2. The van der Waals surface area contributed by atoms with Crippen molar-refractivity contribution < 1.29 is 0 Å². The zero-order valence-electron chi connectivity index (χ0n) is 14.4. The van der Waals surface area contributed by atoms with E-state index in [1.54, 1.807) is 0 Å². The quantitative estimate of drug-likeness (QED) is 0.674. The van der Waals surface area contributed by atoms with Crippen molar-refractivity contribution in [2.45, 2.75) is 44.4 Å². The van der Waals surface area contributed by atoms with Crippen LogP contribution in [0.5, 0.6) is 0 Å². The summed E-state index contributed by atoms with van der Waals surface area (Å²) in [7, 11) is 0. The van der Waals surface area contributed by atoms with Crippen LogP contribution in [0, 0.1) is 0 Å². The van der Waals surface area contributed by atoms with Crippen LogP contribution < -0.4 is 0 Å². The fourth-order valence-electron chi connectivity index (χ4n) is 4.36. The Balaban J connectivity index is 1.67. The average molecular weight is 375 g/mol. The molecular weight excluding hydrogens is 351 g/mol. The zero-order chi connectivity index (χ0) is 17.2. The molecule has 132 valence electrons. The maximum Gasteiger partial charge on any atom is 0.0892 e. The molecule has 2 aliphatic heterocycles. The lowest BCUT2D eigenvalue weighted by atomic mass is 9.93. The molecule has 0 aliphatic carbocycles. The van der Waals surface area contributed by atoms with Crippen molar-refractivity contribution in [3.63, 3.8) is 0 Å². The first kappa shape index (κ1) is 17.4. The van der Waals surface area contributed by atoms with Crippen LogP contribution in [0.2, 0.25) is 10.0 Å². The van der Waals surface area contributed by atoms with Crippen LogP contribution in [-0.2, 0) is 6.54 Å². The molecule has 25 heavy (non-hydrogen) atoms. The van der Waals surface area contributed by atoms with Gasteiger partial charge in [0.1, 0.15) is 0 Å². The van der Waals surface area contributed by atoms with E-state index in [1.165, 1.54) is 43.4 Å². The number of nitrogens with zero attached hydrogens (tertiary/aromatic N) is 2. The molecule has 0 spiro atoms. The Morgan fingerprint density at radius 3 is 2.52 bits per heavy atom. The minimum atomic E-state index is 0.286. The van der Waals surface area contributed by atoms with Crippen LogP contribution in [0.1, 0.15) is 43.0 Å². The van der Waals surface area contributed by atoms with Crippen molar-refractivity contribution in [1.29, 1.82) is 0 Å². The minimum Gasteiger partial charge on any atom is -0.281 e. The van der Waals surface area contributed by atoms with Crippen LogP contribution in [-0.4, -0.2) is 28.9 Å². The summed E-state index contributed by atoms with van der Waals surface area (Å²) in [5.74, 6) is 0. The van der Waals surface area contributed by atoms with E-state index < -0.39 is 0 Å². The van der Waals surface area contributed by atoms with Gasteiger partial charge in [0.05, 0.1) is 16.2 Å². The average Bonchev–Trinajstić information content (AvgIpc) is 2.65. The van der Waals surface area contributed by atoms with Gasteiger partial charge in [-0.15, -0.1) is 0 Å². The van der Waals surface area contributed by atoms with Gasteiger partial charge in [0, 0.05) is 25.7 Å². The Morgan fingerprint density at radius 2 is 1.72 bits per heavy atom. The first-order chi connectivity index (χ1) is 12.2. The molecule has 2 heterocycles. The van der Waals surface area contributed by atoms with Gasteiger partial charge in [-0.2, -0.15) is 0 Å². The number of piperidine rings is 1. The Morgan fingerprint density at radius 1 is 0.880 bits per heavy atom. The molecule has 2 saturated heterocycles. The van der Waals surface area contributed by atoms with E-state index >= 15 is 0 Å². The van der Waals surface area contributed by atoms with Gasteiger partial charge < -0.3 is 0 Å². The molecule has 0 N–H and O–H groups in total. The summed E-state index contributed by atoms with van der Waals surface area (Å²) < 4.78 is 0. The summed E-state index contributed by atoms with van der Waals surface area (Å²) in [6.45, 7) is 3.26. The lowest BCUT2D eigenvalue weighted by Crippen LogP contribution is -2.54. The maximum absolute atomic E-state index is 6.35. The van der Waals surface area contributed by atoms with E-state index in [0.29, 0.717) is 16.1 Å². The standard InChI is InChI=1S/C21H24Cl2N2/c22-19-10-9-17(14-20(19)23)21-24(15-16-6-2-1-3-7-16)13-11-18-8-4-5-12-25(18)21/h1-3,6-7,9-10,14,18,21H,4-5,8,11-13,15H2/t18-,21+/m1/s1. The van der Waals surface area contributed by atoms with Gasteiger partial charge in [-0.25, -0.2) is 0 Å². The number of hydrogen-bond donors (Lipinski definition) is 0. The highest BCUT2D eigenvalue weighted by Crippen LogP contribution is 2.39. The molecule has 4 rings (SSSR count). The second kappa shape index (κ2) is 7.67. The Kier molecular flexibility index (Phi) is 5.33. The molecule has 0 saturated carbocycles. The van der Waals surface area contributed by atoms with Gasteiger partial charge in [-0.3, -0.25) is 9.80 Å². The third kappa shape index (κ3) is 3.73. The van der Waals surface area contributed by atoms with Gasteiger partial charge in [-0.1, -0.05) is 66.0 Å². The highest BCUT2D eigenvalue weighted by molar-refractivity contribution is 6.42. The summed E-state index contributed by atoms with van der Waals surface area (Å²) >= 11 is 12.5. The molecule has 0 bridgehead atoms. The number of halogens is 2. The Hall–Kier alpha value is -1.06. The molecule has 0 radical (unpaired) electrons. The molecule has 2 aliphatic rings. The number of rotatable bonds is 3. The van der Waals surface area contributed by atoms with E-state index in [-0.39, 0.29) is 6.17 Å². The fraction of sp³-hybridized carbons (Fsp3) is 0.429. The van der Waals surface area contributed by atoms with Gasteiger partial charge in [0.2, 0.25) is 0 Å². The van der Waals surface area contributed by atoms with Crippen molar-refractivity contribution in [3.8, 4) is 0 Å². The third-order valence-corrected chi connectivity index (χ3v) is 6.29. The molecule has 2 fully saturated rings. The number of fused-ring (bicyclic) bond motifs is 1. The molecule has 0 unspecified atom stereocenters. The minimum absolute atomic E-state index is 0.286. The highest BCUT2D eigenvalue weighted by Gasteiger charge is 2.37. The Bertz CT molecular complexity index is 719. The van der Waals surface area contributed by atoms with Crippen LogP contribution in [0.4, 0.5) is 0 Å². The van der Waals surface area contributed by atoms with Crippen molar-refractivity contribution >= 4 is 23.2 Å². The number of hydrogen-bond acceptors (Lipinski definition) is 2. The van der Waals surface area contributed by atoms with E-state index in [2.05, 4.69) is 52.3 Å². The van der Waals surface area contributed by atoms with E-state index in [1.807, 2.05) is 6.07 Å². The molecule has 2 aromatic rings. The normalized spacial score (nSPS) is 24.9. The molecule has 2 atom stereocenters. The molecule has 4 heteroatoms. The van der Waals surface area contributed by atoms with Crippen molar-refractivity contribution in [2.75, 3.05) is 13.1 Å². The smallest absolute Gasteiger partial charge is 0.0892 e. The first-order valence-corrected chi connectivity index (χ1v) is 9.96. The molecule has 0 amide bonds. The Labute approximate surface area is 160 Å². The van der Waals surface area contributed by atoms with Gasteiger partial charge in [0.25, 0.3) is 0 Å². The van der Waals surface area contributed by atoms with Crippen LogP contribution in [0.3, 0.4) is 0 Å². The summed E-state index contributed by atoms with van der Waals surface area (Å²) in [5.41, 5.74) is 2.62. The second-order valence-electron chi connectivity index (χ2n) is 7.18. The summed E-state index contributed by atoms with van der Waals surface area (Å²) in [4.78, 5) is 5.28. The monoisotopic (exact) mass is 374 g/mol. The fourth-order valence-corrected chi connectivity index (χ4v) is 4.67. The van der Waals surface area contributed by atoms with E-state index in [4.69, 9.17) is 23.2 Å². The lowest BCUT2D eigenvalue weighted by Gasteiger charge is -2.51. The zero-order valence-corrected chi connectivity index (χ0v) is 15.9. The second-order valence-corrected chi connectivity index (χ2v) is 7.99. The predicted molar refractivity (Wildman–Crippen MR) is 105 cm³/mol. The summed E-state index contributed by atoms with van der Waals surface area (Å²) in [5, 5.41) is 1.28. The maximum atomic E-state index is 6.35. The lowest BCUT2D eigenvalue weighted by molar-refractivity contribution is -0.0566. The third-order valence-electron chi connectivity index (χ3n) is 5.55. The SMILES string of the molecule is Clc1ccc([C@H]2N(Cc3ccccc3)CC[C@H]3CCCCN32)cc1Cl. The first-order valence-electron chi connectivity index (χ1n) is 9.21. The summed E-state index contributed by atoms with van der Waals surface area (Å²) in [6.07, 6.45) is 5.50. The largest absolute Gasteiger partial charge is 0.281 e. The highest BCUT2D eigenvalue weighted by atomic mass is 35.5. The van der Waals surface area contributed by atoms with Crippen LogP contribution in [0.15, 0.2) is 48.5 Å². The summed E-state index contributed by atoms with van der Waals surface area (Å²) in [6, 6.07) is 17.6. The van der Waals surface area contributed by atoms with Crippen molar-refractivity contribution in [1.82, 2.24) is 9.80 Å². The number of benzene rings is 2. The molecule has 2 aromatic carbocycles. The topological polar surface area (TPSA) is 6.48 Å². The predicted octanol–water partition coefficient (Wildman–Crippen LogP) is 5.75. The molecule has 2 nitrogen and oxygen atoms in total.